The Labute approximate surface area is 196 Å². The molecule has 4 rings (SSSR count). The molecule has 1 aliphatic heterocycles. The summed E-state index contributed by atoms with van der Waals surface area (Å²) in [4.78, 5) is 17.9. The summed E-state index contributed by atoms with van der Waals surface area (Å²) in [6, 6.07) is 23.1. The molecule has 2 N–H and O–H groups in total. The normalized spacial score (nSPS) is 15.0. The van der Waals surface area contributed by atoms with E-state index in [1.54, 1.807) is 12.4 Å². The zero-order valence-corrected chi connectivity index (χ0v) is 19.3. The summed E-state index contributed by atoms with van der Waals surface area (Å²) in [5.74, 6) is 1.92. The molecule has 1 aromatic heterocycles. The van der Waals surface area contributed by atoms with Gasteiger partial charge in [0.1, 0.15) is 0 Å². The molecule has 33 heavy (non-hydrogen) atoms. The van der Waals surface area contributed by atoms with Gasteiger partial charge in [0.05, 0.1) is 0 Å². The average molecular weight is 444 g/mol. The highest BCUT2D eigenvalue weighted by atomic mass is 15.3. The van der Waals surface area contributed by atoms with Crippen molar-refractivity contribution in [2.24, 2.45) is 4.99 Å². The van der Waals surface area contributed by atoms with Gasteiger partial charge in [-0.05, 0) is 17.2 Å². The van der Waals surface area contributed by atoms with Crippen LogP contribution in [0.2, 0.25) is 0 Å². The lowest BCUT2D eigenvalue weighted by atomic mass is 9.91. The van der Waals surface area contributed by atoms with Gasteiger partial charge in [-0.15, -0.1) is 0 Å². The molecule has 0 unspecified atom stereocenters. The number of guanidine groups is 1. The van der Waals surface area contributed by atoms with Crippen molar-refractivity contribution in [1.29, 1.82) is 0 Å². The Bertz CT molecular complexity index is 932. The molecular formula is C26H33N7. The quantitative estimate of drug-likeness (QED) is 0.412. The van der Waals surface area contributed by atoms with Crippen molar-refractivity contribution in [2.45, 2.75) is 5.92 Å². The van der Waals surface area contributed by atoms with E-state index in [1.165, 1.54) is 11.1 Å². The van der Waals surface area contributed by atoms with E-state index in [0.717, 1.165) is 57.7 Å². The molecule has 2 aromatic carbocycles. The summed E-state index contributed by atoms with van der Waals surface area (Å²) in [7, 11) is 1.83. The molecule has 0 radical (unpaired) electrons. The van der Waals surface area contributed by atoms with E-state index < -0.39 is 0 Å². The Kier molecular flexibility index (Phi) is 8.25. The van der Waals surface area contributed by atoms with E-state index >= 15 is 0 Å². The smallest absolute Gasteiger partial charge is 0.225 e. The predicted molar refractivity (Wildman–Crippen MR) is 135 cm³/mol. The lowest BCUT2D eigenvalue weighted by Gasteiger charge is -2.34. The van der Waals surface area contributed by atoms with Crippen molar-refractivity contribution in [3.8, 4) is 0 Å². The Morgan fingerprint density at radius 2 is 1.45 bits per heavy atom. The van der Waals surface area contributed by atoms with Gasteiger partial charge in [0.2, 0.25) is 5.95 Å². The standard InChI is InChI=1S/C26H33N7/c1-27-25(28-15-16-32-17-19-33(20-18-32)26-29-13-8-14-30-26)31-21-24(22-9-4-2-5-10-22)23-11-6-3-7-12-23/h2-14,24H,15-21H2,1H3,(H2,27,28,31). The average Bonchev–Trinajstić information content (AvgIpc) is 2.90. The van der Waals surface area contributed by atoms with Crippen molar-refractivity contribution in [3.05, 3.63) is 90.3 Å². The van der Waals surface area contributed by atoms with Crippen LogP contribution in [-0.4, -0.2) is 73.7 Å². The topological polar surface area (TPSA) is 68.7 Å². The van der Waals surface area contributed by atoms with Crippen molar-refractivity contribution in [1.82, 2.24) is 25.5 Å². The van der Waals surface area contributed by atoms with E-state index in [2.05, 4.69) is 96.1 Å². The summed E-state index contributed by atoms with van der Waals surface area (Å²) in [5.41, 5.74) is 2.60. The first-order valence-electron chi connectivity index (χ1n) is 11.6. The number of benzene rings is 2. The molecule has 1 fully saturated rings. The van der Waals surface area contributed by atoms with E-state index in [-0.39, 0.29) is 5.92 Å². The van der Waals surface area contributed by atoms with E-state index in [4.69, 9.17) is 0 Å². The number of aromatic nitrogens is 2. The number of nitrogens with one attached hydrogen (secondary N) is 2. The molecule has 1 aliphatic rings. The zero-order valence-electron chi connectivity index (χ0n) is 19.3. The van der Waals surface area contributed by atoms with Crippen molar-refractivity contribution >= 4 is 11.9 Å². The molecule has 1 saturated heterocycles. The highest BCUT2D eigenvalue weighted by molar-refractivity contribution is 5.79. The largest absolute Gasteiger partial charge is 0.355 e. The maximum Gasteiger partial charge on any atom is 0.225 e. The minimum atomic E-state index is 0.263. The fourth-order valence-corrected chi connectivity index (χ4v) is 4.18. The first-order valence-corrected chi connectivity index (χ1v) is 11.6. The molecule has 3 aromatic rings. The van der Waals surface area contributed by atoms with Gasteiger partial charge in [0, 0.05) is 71.2 Å². The number of piperazine rings is 1. The van der Waals surface area contributed by atoms with Gasteiger partial charge in [0.25, 0.3) is 0 Å². The molecule has 0 saturated carbocycles. The van der Waals surface area contributed by atoms with Crippen LogP contribution >= 0.6 is 0 Å². The van der Waals surface area contributed by atoms with E-state index in [9.17, 15) is 0 Å². The summed E-state index contributed by atoms with van der Waals surface area (Å²) in [5, 5.41) is 7.01. The van der Waals surface area contributed by atoms with E-state index in [1.807, 2.05) is 13.1 Å². The van der Waals surface area contributed by atoms with Crippen LogP contribution in [0, 0.1) is 0 Å². The molecule has 0 aliphatic carbocycles. The summed E-state index contributed by atoms with van der Waals surface area (Å²) < 4.78 is 0. The maximum absolute atomic E-state index is 4.43. The Balaban J connectivity index is 1.24. The van der Waals surface area contributed by atoms with Gasteiger partial charge in [0.15, 0.2) is 5.96 Å². The SMILES string of the molecule is CN=C(NCCN1CCN(c2ncccn2)CC1)NCC(c1ccccc1)c1ccccc1. The predicted octanol–water partition coefficient (Wildman–Crippen LogP) is 2.60. The summed E-state index contributed by atoms with van der Waals surface area (Å²) in [6.45, 7) is 6.53. The minimum absolute atomic E-state index is 0.263. The first kappa shape index (κ1) is 22.7. The molecule has 0 spiro atoms. The van der Waals surface area contributed by atoms with Crippen molar-refractivity contribution in [2.75, 3.05) is 57.8 Å². The second kappa shape index (κ2) is 12.0. The minimum Gasteiger partial charge on any atom is -0.355 e. The number of hydrogen-bond acceptors (Lipinski definition) is 5. The third-order valence-corrected chi connectivity index (χ3v) is 6.03. The van der Waals surface area contributed by atoms with Gasteiger partial charge in [-0.3, -0.25) is 9.89 Å². The second-order valence-corrected chi connectivity index (χ2v) is 8.13. The van der Waals surface area contributed by atoms with Crippen LogP contribution in [0.4, 0.5) is 5.95 Å². The van der Waals surface area contributed by atoms with Crippen molar-refractivity contribution in [3.63, 3.8) is 0 Å². The van der Waals surface area contributed by atoms with Gasteiger partial charge < -0.3 is 15.5 Å². The second-order valence-electron chi connectivity index (χ2n) is 8.13. The van der Waals surface area contributed by atoms with Crippen molar-refractivity contribution < 1.29 is 0 Å². The van der Waals surface area contributed by atoms with E-state index in [0.29, 0.717) is 0 Å². The van der Waals surface area contributed by atoms with Gasteiger partial charge in [-0.1, -0.05) is 60.7 Å². The van der Waals surface area contributed by atoms with Gasteiger partial charge in [-0.2, -0.15) is 0 Å². The third-order valence-electron chi connectivity index (χ3n) is 6.03. The zero-order chi connectivity index (χ0) is 22.7. The Morgan fingerprint density at radius 3 is 2.03 bits per heavy atom. The molecular weight excluding hydrogens is 410 g/mol. The number of rotatable bonds is 8. The summed E-state index contributed by atoms with van der Waals surface area (Å²) >= 11 is 0. The molecule has 2 heterocycles. The lowest BCUT2D eigenvalue weighted by Crippen LogP contribution is -2.50. The van der Waals surface area contributed by atoms with Crippen LogP contribution in [0.1, 0.15) is 17.0 Å². The summed E-state index contributed by atoms with van der Waals surface area (Å²) in [6.07, 6.45) is 3.61. The Morgan fingerprint density at radius 1 is 0.848 bits per heavy atom. The first-order chi connectivity index (χ1) is 16.3. The lowest BCUT2D eigenvalue weighted by molar-refractivity contribution is 0.260. The highest BCUT2D eigenvalue weighted by Gasteiger charge is 2.18. The molecule has 0 amide bonds. The van der Waals surface area contributed by atoms with Gasteiger partial charge in [-0.25, -0.2) is 9.97 Å². The van der Waals surface area contributed by atoms with Crippen LogP contribution in [0.5, 0.6) is 0 Å². The van der Waals surface area contributed by atoms with Crippen LogP contribution < -0.4 is 15.5 Å². The molecule has 7 heteroatoms. The molecule has 0 atom stereocenters. The fraction of sp³-hybridized carbons (Fsp3) is 0.346. The van der Waals surface area contributed by atoms with Crippen LogP contribution in [0.25, 0.3) is 0 Å². The molecule has 172 valence electrons. The molecule has 7 nitrogen and oxygen atoms in total. The van der Waals surface area contributed by atoms with Gasteiger partial charge >= 0.3 is 0 Å². The Hall–Kier alpha value is -3.45. The van der Waals surface area contributed by atoms with Crippen LogP contribution in [0.15, 0.2) is 84.1 Å². The van der Waals surface area contributed by atoms with Crippen LogP contribution in [-0.2, 0) is 0 Å². The third kappa shape index (κ3) is 6.52. The number of anilines is 1. The number of aliphatic imine (C=N–C) groups is 1. The highest BCUT2D eigenvalue weighted by Crippen LogP contribution is 2.23. The number of hydrogen-bond donors (Lipinski definition) is 2. The van der Waals surface area contributed by atoms with Crippen LogP contribution in [0.3, 0.4) is 0 Å². The number of nitrogens with zero attached hydrogens (tertiary/aromatic N) is 5. The monoisotopic (exact) mass is 443 g/mol. The maximum atomic E-state index is 4.43. The molecule has 0 bridgehead atoms. The fourth-order valence-electron chi connectivity index (χ4n) is 4.18.